The average molecular weight is 272 g/mol. The Morgan fingerprint density at radius 3 is 2.70 bits per heavy atom. The minimum absolute atomic E-state index is 0.0270. The third-order valence-corrected chi connectivity index (χ3v) is 3.84. The van der Waals surface area contributed by atoms with E-state index in [1.807, 2.05) is 18.2 Å². The highest BCUT2D eigenvalue weighted by molar-refractivity contribution is 5.96. The first-order valence-corrected chi connectivity index (χ1v) is 6.70. The van der Waals surface area contributed by atoms with Gasteiger partial charge in [0.2, 0.25) is 11.7 Å². The largest absolute Gasteiger partial charge is 0.370 e. The molecule has 5 nitrogen and oxygen atoms in total. The number of benzene rings is 1. The summed E-state index contributed by atoms with van der Waals surface area (Å²) in [6, 6.07) is 9.10. The number of rotatable bonds is 5. The minimum Gasteiger partial charge on any atom is -0.370 e. The Labute approximate surface area is 116 Å². The molecule has 1 heterocycles. The molecule has 0 bridgehead atoms. The van der Waals surface area contributed by atoms with Crippen molar-refractivity contribution < 1.29 is 14.1 Å². The summed E-state index contributed by atoms with van der Waals surface area (Å²) in [4.78, 5) is 16.4. The summed E-state index contributed by atoms with van der Waals surface area (Å²) in [5, 5.41) is 3.96. The first-order chi connectivity index (χ1) is 9.73. The SMILES string of the molecule is COC1(c2noc(CC(=O)c3ccccc3)n2)CCC1. The van der Waals surface area contributed by atoms with Crippen LogP contribution >= 0.6 is 0 Å². The van der Waals surface area contributed by atoms with Gasteiger partial charge >= 0.3 is 0 Å². The summed E-state index contributed by atoms with van der Waals surface area (Å²) in [7, 11) is 1.66. The molecule has 104 valence electrons. The topological polar surface area (TPSA) is 65.2 Å². The van der Waals surface area contributed by atoms with E-state index in [9.17, 15) is 4.79 Å². The lowest BCUT2D eigenvalue weighted by atomic mass is 9.79. The van der Waals surface area contributed by atoms with Gasteiger partial charge in [-0.1, -0.05) is 35.5 Å². The van der Waals surface area contributed by atoms with E-state index in [-0.39, 0.29) is 12.2 Å². The fraction of sp³-hybridized carbons (Fsp3) is 0.400. The number of methoxy groups -OCH3 is 1. The van der Waals surface area contributed by atoms with Crippen LogP contribution in [0.25, 0.3) is 0 Å². The Morgan fingerprint density at radius 1 is 1.35 bits per heavy atom. The zero-order valence-electron chi connectivity index (χ0n) is 11.3. The van der Waals surface area contributed by atoms with E-state index in [1.54, 1.807) is 19.2 Å². The maximum Gasteiger partial charge on any atom is 0.234 e. The van der Waals surface area contributed by atoms with E-state index < -0.39 is 5.60 Å². The Bertz CT molecular complexity index is 597. The van der Waals surface area contributed by atoms with Crippen molar-refractivity contribution in [3.8, 4) is 0 Å². The highest BCUT2D eigenvalue weighted by Crippen LogP contribution is 2.42. The van der Waals surface area contributed by atoms with Crippen molar-refractivity contribution in [1.29, 1.82) is 0 Å². The predicted molar refractivity (Wildman–Crippen MR) is 71.3 cm³/mol. The number of aromatic nitrogens is 2. The van der Waals surface area contributed by atoms with Crippen LogP contribution in [0.4, 0.5) is 0 Å². The Kier molecular flexibility index (Phi) is 3.36. The van der Waals surface area contributed by atoms with E-state index in [0.29, 0.717) is 17.3 Å². The quantitative estimate of drug-likeness (QED) is 0.782. The van der Waals surface area contributed by atoms with E-state index >= 15 is 0 Å². The molecule has 1 aromatic carbocycles. The van der Waals surface area contributed by atoms with Crippen molar-refractivity contribution in [2.45, 2.75) is 31.3 Å². The maximum absolute atomic E-state index is 12.1. The number of Topliss-reactive ketones (excluding diaryl/α,β-unsaturated/α-hetero) is 1. The molecule has 0 spiro atoms. The van der Waals surface area contributed by atoms with Crippen LogP contribution in [-0.2, 0) is 16.8 Å². The van der Waals surface area contributed by atoms with Gasteiger partial charge in [-0.2, -0.15) is 4.98 Å². The van der Waals surface area contributed by atoms with Crippen LogP contribution in [0.15, 0.2) is 34.9 Å². The van der Waals surface area contributed by atoms with Crippen molar-refractivity contribution in [3.05, 3.63) is 47.6 Å². The molecule has 1 saturated carbocycles. The zero-order valence-corrected chi connectivity index (χ0v) is 11.3. The van der Waals surface area contributed by atoms with Gasteiger partial charge in [0.05, 0.1) is 6.42 Å². The lowest BCUT2D eigenvalue weighted by Gasteiger charge is -2.37. The average Bonchev–Trinajstić information content (AvgIpc) is 2.88. The minimum atomic E-state index is -0.405. The maximum atomic E-state index is 12.1. The Morgan fingerprint density at radius 2 is 2.10 bits per heavy atom. The van der Waals surface area contributed by atoms with E-state index in [0.717, 1.165) is 19.3 Å². The highest BCUT2D eigenvalue weighted by atomic mass is 16.5. The number of carbonyl (C=O) groups excluding carboxylic acids is 1. The van der Waals surface area contributed by atoms with Gasteiger partial charge in [0.1, 0.15) is 5.60 Å². The van der Waals surface area contributed by atoms with Gasteiger partial charge in [0, 0.05) is 12.7 Å². The molecule has 1 aliphatic carbocycles. The number of nitrogens with zero attached hydrogens (tertiary/aromatic N) is 2. The number of ketones is 1. The first kappa shape index (κ1) is 13.0. The summed E-state index contributed by atoms with van der Waals surface area (Å²) in [6.45, 7) is 0. The van der Waals surface area contributed by atoms with Crippen molar-refractivity contribution in [2.75, 3.05) is 7.11 Å². The monoisotopic (exact) mass is 272 g/mol. The van der Waals surface area contributed by atoms with Gasteiger partial charge in [-0.3, -0.25) is 4.79 Å². The molecule has 0 aliphatic heterocycles. The van der Waals surface area contributed by atoms with Crippen molar-refractivity contribution in [3.63, 3.8) is 0 Å². The van der Waals surface area contributed by atoms with Gasteiger partial charge in [-0.15, -0.1) is 0 Å². The van der Waals surface area contributed by atoms with Gasteiger partial charge in [0.25, 0.3) is 0 Å². The summed E-state index contributed by atoms with van der Waals surface area (Å²) in [5.74, 6) is 0.875. The van der Waals surface area contributed by atoms with Crippen LogP contribution in [0.3, 0.4) is 0 Å². The molecule has 0 amide bonds. The third kappa shape index (κ3) is 2.25. The lowest BCUT2D eigenvalue weighted by molar-refractivity contribution is -0.0858. The van der Waals surface area contributed by atoms with Crippen molar-refractivity contribution >= 4 is 5.78 Å². The molecular formula is C15H16N2O3. The lowest BCUT2D eigenvalue weighted by Crippen LogP contribution is -2.37. The Balaban J connectivity index is 1.73. The second-order valence-electron chi connectivity index (χ2n) is 5.03. The molecule has 3 rings (SSSR count). The van der Waals surface area contributed by atoms with Gasteiger partial charge < -0.3 is 9.26 Å². The number of hydrogen-bond donors (Lipinski definition) is 0. The number of hydrogen-bond acceptors (Lipinski definition) is 5. The second kappa shape index (κ2) is 5.17. The van der Waals surface area contributed by atoms with E-state index in [2.05, 4.69) is 10.1 Å². The van der Waals surface area contributed by atoms with E-state index in [1.165, 1.54) is 0 Å². The van der Waals surface area contributed by atoms with Gasteiger partial charge in [0.15, 0.2) is 5.78 Å². The normalized spacial score (nSPS) is 16.6. The number of ether oxygens (including phenoxy) is 1. The molecule has 0 saturated heterocycles. The van der Waals surface area contributed by atoms with Crippen LogP contribution < -0.4 is 0 Å². The van der Waals surface area contributed by atoms with Crippen LogP contribution in [0.1, 0.15) is 41.3 Å². The third-order valence-electron chi connectivity index (χ3n) is 3.84. The fourth-order valence-electron chi connectivity index (χ4n) is 2.39. The predicted octanol–water partition coefficient (Wildman–Crippen LogP) is 2.52. The first-order valence-electron chi connectivity index (χ1n) is 6.70. The second-order valence-corrected chi connectivity index (χ2v) is 5.03. The van der Waals surface area contributed by atoms with Crippen LogP contribution in [0, 0.1) is 0 Å². The molecule has 1 fully saturated rings. The zero-order chi connectivity index (χ0) is 14.0. The standard InChI is InChI=1S/C15H16N2O3/c1-19-15(8-5-9-15)14-16-13(20-17-14)10-12(18)11-6-3-2-4-7-11/h2-4,6-7H,5,8-10H2,1H3. The molecule has 0 atom stereocenters. The summed E-state index contributed by atoms with van der Waals surface area (Å²) in [6.07, 6.45) is 3.02. The molecule has 1 aliphatic rings. The van der Waals surface area contributed by atoms with Crippen molar-refractivity contribution in [1.82, 2.24) is 10.1 Å². The van der Waals surface area contributed by atoms with Crippen LogP contribution in [0.5, 0.6) is 0 Å². The number of carbonyl (C=O) groups is 1. The van der Waals surface area contributed by atoms with E-state index in [4.69, 9.17) is 9.26 Å². The fourth-order valence-corrected chi connectivity index (χ4v) is 2.39. The van der Waals surface area contributed by atoms with Crippen LogP contribution in [-0.4, -0.2) is 23.0 Å². The summed E-state index contributed by atoms with van der Waals surface area (Å²) in [5.41, 5.74) is 0.245. The molecule has 0 unspecified atom stereocenters. The van der Waals surface area contributed by atoms with Gasteiger partial charge in [-0.05, 0) is 19.3 Å². The Hall–Kier alpha value is -2.01. The molecule has 1 aromatic heterocycles. The molecular weight excluding hydrogens is 256 g/mol. The molecule has 20 heavy (non-hydrogen) atoms. The smallest absolute Gasteiger partial charge is 0.234 e. The summed E-state index contributed by atoms with van der Waals surface area (Å²) >= 11 is 0. The molecule has 5 heteroatoms. The van der Waals surface area contributed by atoms with Crippen molar-refractivity contribution in [2.24, 2.45) is 0 Å². The molecule has 0 N–H and O–H groups in total. The summed E-state index contributed by atoms with van der Waals surface area (Å²) < 4.78 is 10.7. The van der Waals surface area contributed by atoms with Gasteiger partial charge in [-0.25, -0.2) is 0 Å². The van der Waals surface area contributed by atoms with Crippen LogP contribution in [0.2, 0.25) is 0 Å². The molecule has 0 radical (unpaired) electrons. The highest BCUT2D eigenvalue weighted by Gasteiger charge is 2.43. The molecule has 2 aromatic rings.